The molecule has 1 aromatic rings. The summed E-state index contributed by atoms with van der Waals surface area (Å²) in [5, 5.41) is 0. The van der Waals surface area contributed by atoms with Crippen LogP contribution in [0.1, 0.15) is 36.9 Å². The minimum atomic E-state index is -4.40. The highest BCUT2D eigenvalue weighted by molar-refractivity contribution is 9.10. The number of rotatable bonds is 4. The molecule has 0 saturated carbocycles. The van der Waals surface area contributed by atoms with Crippen LogP contribution in [0.4, 0.5) is 13.2 Å². The second kappa shape index (κ2) is 5.89. The molecule has 1 atom stereocenters. The van der Waals surface area contributed by atoms with Crippen LogP contribution in [0, 0.1) is 0 Å². The molecule has 0 aliphatic heterocycles. The Bertz CT molecular complexity index is 440. The summed E-state index contributed by atoms with van der Waals surface area (Å²) in [4.78, 5) is 0. The third-order valence-electron chi connectivity index (χ3n) is 2.73. The standard InChI is InChI=1S/C13H15BrF3N/c1-3-8(2)6-12(18)10-5-4-9(14)7-11(10)13(15,16)17/h4-5,7,12H,2-3,6,18H2,1H3. The summed E-state index contributed by atoms with van der Waals surface area (Å²) in [6.07, 6.45) is -3.32. The van der Waals surface area contributed by atoms with E-state index in [2.05, 4.69) is 22.5 Å². The summed E-state index contributed by atoms with van der Waals surface area (Å²) in [6.45, 7) is 5.68. The summed E-state index contributed by atoms with van der Waals surface area (Å²) >= 11 is 3.04. The van der Waals surface area contributed by atoms with Crippen molar-refractivity contribution in [3.8, 4) is 0 Å². The molecular weight excluding hydrogens is 307 g/mol. The SMILES string of the molecule is C=C(CC)CC(N)c1ccc(Br)cc1C(F)(F)F. The van der Waals surface area contributed by atoms with Gasteiger partial charge in [0, 0.05) is 10.5 Å². The van der Waals surface area contributed by atoms with Gasteiger partial charge >= 0.3 is 6.18 Å². The fraction of sp³-hybridized carbons (Fsp3) is 0.385. The molecule has 0 fully saturated rings. The van der Waals surface area contributed by atoms with Gasteiger partial charge in [0.25, 0.3) is 0 Å². The van der Waals surface area contributed by atoms with Gasteiger partial charge < -0.3 is 5.73 Å². The quantitative estimate of drug-likeness (QED) is 0.790. The summed E-state index contributed by atoms with van der Waals surface area (Å²) in [7, 11) is 0. The predicted molar refractivity (Wildman–Crippen MR) is 70.1 cm³/mol. The lowest BCUT2D eigenvalue weighted by atomic mass is 9.95. The zero-order valence-corrected chi connectivity index (χ0v) is 11.6. The molecule has 18 heavy (non-hydrogen) atoms. The van der Waals surface area contributed by atoms with E-state index < -0.39 is 17.8 Å². The van der Waals surface area contributed by atoms with Crippen LogP contribution in [0.2, 0.25) is 0 Å². The first-order valence-electron chi connectivity index (χ1n) is 5.54. The zero-order valence-electron chi connectivity index (χ0n) is 10.0. The van der Waals surface area contributed by atoms with Crippen LogP contribution in [0.15, 0.2) is 34.8 Å². The second-order valence-electron chi connectivity index (χ2n) is 4.14. The van der Waals surface area contributed by atoms with E-state index >= 15 is 0 Å². The number of hydrogen-bond donors (Lipinski definition) is 1. The highest BCUT2D eigenvalue weighted by atomic mass is 79.9. The van der Waals surface area contributed by atoms with E-state index in [9.17, 15) is 13.2 Å². The van der Waals surface area contributed by atoms with Crippen LogP contribution in [0.5, 0.6) is 0 Å². The summed E-state index contributed by atoms with van der Waals surface area (Å²) in [5.74, 6) is 0. The maximum Gasteiger partial charge on any atom is 0.416 e. The topological polar surface area (TPSA) is 26.0 Å². The fourth-order valence-corrected chi connectivity index (χ4v) is 2.02. The summed E-state index contributed by atoms with van der Waals surface area (Å²) in [5.41, 5.74) is 6.11. The first-order valence-corrected chi connectivity index (χ1v) is 6.33. The third kappa shape index (κ3) is 3.85. The number of alkyl halides is 3. The van der Waals surface area contributed by atoms with E-state index in [0.29, 0.717) is 17.3 Å². The van der Waals surface area contributed by atoms with Crippen LogP contribution in [-0.2, 0) is 6.18 Å². The number of benzene rings is 1. The third-order valence-corrected chi connectivity index (χ3v) is 3.22. The predicted octanol–water partition coefficient (Wildman–Crippen LogP) is 4.82. The highest BCUT2D eigenvalue weighted by Gasteiger charge is 2.34. The van der Waals surface area contributed by atoms with Gasteiger partial charge in [0.15, 0.2) is 0 Å². The molecule has 2 N–H and O–H groups in total. The first-order chi connectivity index (χ1) is 8.25. The lowest BCUT2D eigenvalue weighted by molar-refractivity contribution is -0.138. The number of halogens is 4. The van der Waals surface area contributed by atoms with Gasteiger partial charge in [0.1, 0.15) is 0 Å². The van der Waals surface area contributed by atoms with Gasteiger partial charge in [-0.1, -0.05) is 41.1 Å². The lowest BCUT2D eigenvalue weighted by Crippen LogP contribution is -2.18. The molecule has 0 aromatic heterocycles. The molecule has 1 rings (SSSR count). The van der Waals surface area contributed by atoms with Crippen LogP contribution in [-0.4, -0.2) is 0 Å². The molecule has 0 amide bonds. The van der Waals surface area contributed by atoms with Gasteiger partial charge in [0.05, 0.1) is 5.56 Å². The Morgan fingerprint density at radius 2 is 2.06 bits per heavy atom. The molecule has 0 heterocycles. The minimum Gasteiger partial charge on any atom is -0.324 e. The summed E-state index contributed by atoms with van der Waals surface area (Å²) < 4.78 is 39.1. The van der Waals surface area contributed by atoms with E-state index in [1.165, 1.54) is 6.07 Å². The monoisotopic (exact) mass is 321 g/mol. The molecule has 0 radical (unpaired) electrons. The van der Waals surface area contributed by atoms with Crippen molar-refractivity contribution in [1.82, 2.24) is 0 Å². The number of hydrogen-bond acceptors (Lipinski definition) is 1. The molecule has 1 nitrogen and oxygen atoms in total. The molecule has 1 aromatic carbocycles. The highest BCUT2D eigenvalue weighted by Crippen LogP contribution is 2.37. The largest absolute Gasteiger partial charge is 0.416 e. The molecule has 0 aliphatic rings. The van der Waals surface area contributed by atoms with E-state index in [0.717, 1.165) is 11.6 Å². The molecule has 0 spiro atoms. The Balaban J connectivity index is 3.12. The maximum atomic E-state index is 12.9. The van der Waals surface area contributed by atoms with Crippen molar-refractivity contribution in [1.29, 1.82) is 0 Å². The number of nitrogens with two attached hydrogens (primary N) is 1. The van der Waals surface area contributed by atoms with Gasteiger partial charge in [-0.05, 0) is 30.5 Å². The van der Waals surface area contributed by atoms with Gasteiger partial charge in [-0.2, -0.15) is 13.2 Å². The molecule has 0 aliphatic carbocycles. The van der Waals surface area contributed by atoms with E-state index in [4.69, 9.17) is 5.73 Å². The van der Waals surface area contributed by atoms with Crippen molar-refractivity contribution < 1.29 is 13.2 Å². The normalized spacial score (nSPS) is 13.4. The Kier molecular flexibility index (Phi) is 4.99. The average molecular weight is 322 g/mol. The molecule has 0 bridgehead atoms. The molecule has 5 heteroatoms. The minimum absolute atomic E-state index is 0.111. The lowest BCUT2D eigenvalue weighted by Gasteiger charge is -2.19. The van der Waals surface area contributed by atoms with E-state index in [1.54, 1.807) is 6.07 Å². The van der Waals surface area contributed by atoms with Crippen molar-refractivity contribution in [3.63, 3.8) is 0 Å². The van der Waals surface area contributed by atoms with Crippen LogP contribution < -0.4 is 5.73 Å². The van der Waals surface area contributed by atoms with Crippen LogP contribution >= 0.6 is 15.9 Å². The average Bonchev–Trinajstić information content (AvgIpc) is 2.27. The van der Waals surface area contributed by atoms with Crippen molar-refractivity contribution in [2.24, 2.45) is 5.73 Å². The maximum absolute atomic E-state index is 12.9. The van der Waals surface area contributed by atoms with Crippen molar-refractivity contribution in [2.45, 2.75) is 32.0 Å². The smallest absolute Gasteiger partial charge is 0.324 e. The molecule has 1 unspecified atom stereocenters. The van der Waals surface area contributed by atoms with Gasteiger partial charge in [-0.15, -0.1) is 0 Å². The Morgan fingerprint density at radius 1 is 1.44 bits per heavy atom. The Morgan fingerprint density at radius 3 is 2.56 bits per heavy atom. The summed E-state index contributed by atoms with van der Waals surface area (Å²) in [6, 6.07) is 3.37. The van der Waals surface area contributed by atoms with Crippen molar-refractivity contribution >= 4 is 15.9 Å². The fourth-order valence-electron chi connectivity index (χ4n) is 1.66. The van der Waals surface area contributed by atoms with Crippen LogP contribution in [0.3, 0.4) is 0 Å². The Labute approximate surface area is 113 Å². The first kappa shape index (κ1) is 15.2. The molecule has 0 saturated heterocycles. The van der Waals surface area contributed by atoms with E-state index in [1.807, 2.05) is 6.92 Å². The van der Waals surface area contributed by atoms with Crippen molar-refractivity contribution in [3.05, 3.63) is 46.0 Å². The van der Waals surface area contributed by atoms with Gasteiger partial charge in [-0.25, -0.2) is 0 Å². The van der Waals surface area contributed by atoms with Gasteiger partial charge in [0.2, 0.25) is 0 Å². The second-order valence-corrected chi connectivity index (χ2v) is 5.06. The van der Waals surface area contributed by atoms with Crippen molar-refractivity contribution in [2.75, 3.05) is 0 Å². The zero-order chi connectivity index (χ0) is 13.9. The Hall–Kier alpha value is -0.810. The van der Waals surface area contributed by atoms with Gasteiger partial charge in [-0.3, -0.25) is 0 Å². The van der Waals surface area contributed by atoms with Crippen LogP contribution in [0.25, 0.3) is 0 Å². The molecule has 100 valence electrons. The van der Waals surface area contributed by atoms with E-state index in [-0.39, 0.29) is 5.56 Å². The molecular formula is C13H15BrF3N.